The summed E-state index contributed by atoms with van der Waals surface area (Å²) >= 11 is 0. The molecule has 1 spiro atoms. The van der Waals surface area contributed by atoms with Crippen LogP contribution in [0.25, 0.3) is 0 Å². The molecule has 1 amide bonds. The van der Waals surface area contributed by atoms with Gasteiger partial charge in [-0.05, 0) is 59.3 Å². The Balaban J connectivity index is 1.75. The molecule has 3 fully saturated rings. The van der Waals surface area contributed by atoms with Gasteiger partial charge in [-0.3, -0.25) is 4.79 Å². The maximum atomic E-state index is 12.4. The van der Waals surface area contributed by atoms with E-state index >= 15 is 0 Å². The molecule has 4 nitrogen and oxygen atoms in total. The first-order chi connectivity index (χ1) is 9.31. The van der Waals surface area contributed by atoms with Gasteiger partial charge in [0.2, 0.25) is 0 Å². The minimum atomic E-state index is -0.450. The molecule has 0 aromatic rings. The topological polar surface area (TPSA) is 46.6 Å². The third kappa shape index (κ3) is 2.23. The van der Waals surface area contributed by atoms with Gasteiger partial charge in [0, 0.05) is 23.9 Å². The zero-order chi connectivity index (χ0) is 14.5. The SMILES string of the molecule is CC(C)(C)OC(=O)N1C2CC[C@@H]1CC1(CCCC1=O)C2. The fourth-order valence-corrected chi connectivity index (χ4v) is 4.38. The molecule has 112 valence electrons. The van der Waals surface area contributed by atoms with Crippen LogP contribution in [0.5, 0.6) is 0 Å². The summed E-state index contributed by atoms with van der Waals surface area (Å²) in [5, 5.41) is 0. The number of Topliss-reactive ketones (excluding diaryl/α,β-unsaturated/α-hetero) is 1. The summed E-state index contributed by atoms with van der Waals surface area (Å²) in [6, 6.07) is 0.427. The maximum absolute atomic E-state index is 12.4. The van der Waals surface area contributed by atoms with Gasteiger partial charge in [-0.15, -0.1) is 0 Å². The van der Waals surface area contributed by atoms with Crippen LogP contribution in [0.3, 0.4) is 0 Å². The van der Waals surface area contributed by atoms with Crippen LogP contribution in [0, 0.1) is 5.41 Å². The molecule has 3 atom stereocenters. The van der Waals surface area contributed by atoms with Crippen LogP contribution in [0.4, 0.5) is 4.79 Å². The third-order valence-corrected chi connectivity index (χ3v) is 5.13. The summed E-state index contributed by atoms with van der Waals surface area (Å²) in [5.74, 6) is 0.443. The summed E-state index contributed by atoms with van der Waals surface area (Å²) in [6.45, 7) is 5.70. The van der Waals surface area contributed by atoms with Crippen LogP contribution in [-0.4, -0.2) is 34.5 Å². The Bertz CT molecular complexity index is 423. The van der Waals surface area contributed by atoms with Gasteiger partial charge < -0.3 is 9.64 Å². The van der Waals surface area contributed by atoms with Crippen LogP contribution < -0.4 is 0 Å². The van der Waals surface area contributed by atoms with Crippen molar-refractivity contribution in [3.63, 3.8) is 0 Å². The highest BCUT2D eigenvalue weighted by Crippen LogP contribution is 2.52. The third-order valence-electron chi connectivity index (χ3n) is 5.13. The van der Waals surface area contributed by atoms with Gasteiger partial charge in [0.25, 0.3) is 0 Å². The van der Waals surface area contributed by atoms with E-state index in [2.05, 4.69) is 0 Å². The second-order valence-corrected chi connectivity index (χ2v) is 7.74. The second kappa shape index (κ2) is 4.47. The van der Waals surface area contributed by atoms with E-state index in [1.54, 1.807) is 0 Å². The first-order valence-corrected chi connectivity index (χ1v) is 7.85. The van der Waals surface area contributed by atoms with Crippen LogP contribution >= 0.6 is 0 Å². The number of piperidine rings is 1. The van der Waals surface area contributed by atoms with E-state index in [9.17, 15) is 9.59 Å². The molecule has 3 rings (SSSR count). The predicted octanol–water partition coefficient (Wildman–Crippen LogP) is 3.29. The first-order valence-electron chi connectivity index (χ1n) is 7.85. The van der Waals surface area contributed by atoms with E-state index < -0.39 is 5.60 Å². The Kier molecular flexibility index (Phi) is 3.11. The molecule has 2 bridgehead atoms. The maximum Gasteiger partial charge on any atom is 0.410 e. The molecule has 1 aliphatic carbocycles. The van der Waals surface area contributed by atoms with Gasteiger partial charge in [0.15, 0.2) is 0 Å². The molecule has 2 aliphatic heterocycles. The molecule has 2 saturated heterocycles. The van der Waals surface area contributed by atoms with Gasteiger partial charge in [-0.25, -0.2) is 4.79 Å². The Morgan fingerprint density at radius 1 is 1.25 bits per heavy atom. The number of rotatable bonds is 0. The largest absolute Gasteiger partial charge is 0.444 e. The van der Waals surface area contributed by atoms with Crippen molar-refractivity contribution in [1.29, 1.82) is 0 Å². The van der Waals surface area contributed by atoms with Crippen molar-refractivity contribution >= 4 is 11.9 Å². The quantitative estimate of drug-likeness (QED) is 0.683. The van der Waals surface area contributed by atoms with Crippen molar-refractivity contribution in [3.8, 4) is 0 Å². The fraction of sp³-hybridized carbons (Fsp3) is 0.875. The van der Waals surface area contributed by atoms with Crippen molar-refractivity contribution < 1.29 is 14.3 Å². The van der Waals surface area contributed by atoms with E-state index in [0.717, 1.165) is 44.9 Å². The Labute approximate surface area is 120 Å². The van der Waals surface area contributed by atoms with Crippen molar-refractivity contribution in [1.82, 2.24) is 4.90 Å². The predicted molar refractivity (Wildman–Crippen MR) is 75.4 cm³/mol. The number of ketones is 1. The fourth-order valence-electron chi connectivity index (χ4n) is 4.38. The summed E-state index contributed by atoms with van der Waals surface area (Å²) in [7, 11) is 0. The van der Waals surface area contributed by atoms with E-state index in [1.165, 1.54) is 0 Å². The molecular formula is C16H25NO3. The van der Waals surface area contributed by atoms with E-state index in [0.29, 0.717) is 5.78 Å². The number of fused-ring (bicyclic) bond motifs is 2. The number of carbonyl (C=O) groups excluding carboxylic acids is 2. The van der Waals surface area contributed by atoms with Crippen LogP contribution in [-0.2, 0) is 9.53 Å². The lowest BCUT2D eigenvalue weighted by molar-refractivity contribution is -0.129. The second-order valence-electron chi connectivity index (χ2n) is 7.74. The van der Waals surface area contributed by atoms with E-state index in [1.807, 2.05) is 25.7 Å². The Morgan fingerprint density at radius 2 is 1.85 bits per heavy atom. The number of amides is 1. The lowest BCUT2D eigenvalue weighted by atomic mass is 9.73. The number of nitrogens with zero attached hydrogens (tertiary/aromatic N) is 1. The van der Waals surface area contributed by atoms with Gasteiger partial charge in [0.05, 0.1) is 0 Å². The first kappa shape index (κ1) is 13.9. The normalized spacial score (nSPS) is 36.8. The van der Waals surface area contributed by atoms with Crippen LogP contribution in [0.15, 0.2) is 0 Å². The van der Waals surface area contributed by atoms with Crippen LogP contribution in [0.1, 0.15) is 65.7 Å². The van der Waals surface area contributed by atoms with Crippen molar-refractivity contribution in [2.24, 2.45) is 5.41 Å². The summed E-state index contributed by atoms with van der Waals surface area (Å²) < 4.78 is 5.54. The molecule has 2 unspecified atom stereocenters. The molecular weight excluding hydrogens is 254 g/mol. The molecule has 0 radical (unpaired) electrons. The molecule has 20 heavy (non-hydrogen) atoms. The minimum absolute atomic E-state index is 0.107. The molecule has 0 aromatic heterocycles. The number of carbonyl (C=O) groups is 2. The minimum Gasteiger partial charge on any atom is -0.444 e. The highest BCUT2D eigenvalue weighted by molar-refractivity contribution is 5.87. The number of hydrogen-bond donors (Lipinski definition) is 0. The summed E-state index contributed by atoms with van der Waals surface area (Å²) in [4.78, 5) is 26.6. The molecule has 2 heterocycles. The van der Waals surface area contributed by atoms with Crippen molar-refractivity contribution in [3.05, 3.63) is 0 Å². The number of hydrogen-bond acceptors (Lipinski definition) is 3. The zero-order valence-electron chi connectivity index (χ0n) is 12.8. The average Bonchev–Trinajstić information content (AvgIpc) is 2.78. The van der Waals surface area contributed by atoms with Gasteiger partial charge in [-0.2, -0.15) is 0 Å². The Hall–Kier alpha value is -1.06. The van der Waals surface area contributed by atoms with Crippen molar-refractivity contribution in [2.45, 2.75) is 83.4 Å². The van der Waals surface area contributed by atoms with E-state index in [4.69, 9.17) is 4.74 Å². The van der Waals surface area contributed by atoms with E-state index in [-0.39, 0.29) is 23.6 Å². The molecule has 1 saturated carbocycles. The summed E-state index contributed by atoms with van der Waals surface area (Å²) in [6.07, 6.45) is 6.39. The smallest absolute Gasteiger partial charge is 0.410 e. The molecule has 4 heteroatoms. The standard InChI is InChI=1S/C16H25NO3/c1-15(2,3)20-14(19)17-11-6-7-12(17)10-16(9-11)8-4-5-13(16)18/h11-12H,4-10H2,1-3H3/t11-,12?,16?/m1/s1. The van der Waals surface area contributed by atoms with Gasteiger partial charge >= 0.3 is 6.09 Å². The molecule has 0 N–H and O–H groups in total. The monoisotopic (exact) mass is 279 g/mol. The average molecular weight is 279 g/mol. The van der Waals surface area contributed by atoms with Gasteiger partial charge in [-0.1, -0.05) is 0 Å². The van der Waals surface area contributed by atoms with Crippen LogP contribution in [0.2, 0.25) is 0 Å². The molecule has 0 aromatic carbocycles. The Morgan fingerprint density at radius 3 is 2.30 bits per heavy atom. The summed E-state index contributed by atoms with van der Waals surface area (Å²) in [5.41, 5.74) is -0.556. The lowest BCUT2D eigenvalue weighted by Crippen LogP contribution is -2.52. The highest BCUT2D eigenvalue weighted by Gasteiger charge is 2.54. The van der Waals surface area contributed by atoms with Gasteiger partial charge in [0.1, 0.15) is 11.4 Å². The number of ether oxygens (including phenoxy) is 1. The molecule has 3 aliphatic rings. The zero-order valence-corrected chi connectivity index (χ0v) is 12.8. The van der Waals surface area contributed by atoms with Crippen molar-refractivity contribution in [2.75, 3.05) is 0 Å². The lowest BCUT2D eigenvalue weighted by Gasteiger charge is -2.44. The highest BCUT2D eigenvalue weighted by atomic mass is 16.6.